The molecule has 3 rings (SSSR count). The molecule has 0 radical (unpaired) electrons. The Morgan fingerprint density at radius 2 is 2.10 bits per heavy atom. The van der Waals surface area contributed by atoms with Gasteiger partial charge in [-0.25, -0.2) is 0 Å². The number of hydrogen-bond donors (Lipinski definition) is 2. The lowest BCUT2D eigenvalue weighted by Gasteiger charge is -2.39. The first-order chi connectivity index (χ1) is 9.63. The zero-order valence-electron chi connectivity index (χ0n) is 11.6. The fourth-order valence-corrected chi connectivity index (χ4v) is 4.05. The SMILES string of the molecule is NC1(c2ccccc2Cl)CCCC(C2CCNC2)C1=O. The topological polar surface area (TPSA) is 55.1 Å². The molecular formula is C16H21ClN2O. The molecule has 1 saturated carbocycles. The van der Waals surface area contributed by atoms with Crippen molar-refractivity contribution in [1.82, 2.24) is 5.32 Å². The molecule has 0 amide bonds. The molecule has 1 saturated heterocycles. The quantitative estimate of drug-likeness (QED) is 0.880. The third kappa shape index (κ3) is 2.28. The van der Waals surface area contributed by atoms with Crippen molar-refractivity contribution in [3.63, 3.8) is 0 Å². The summed E-state index contributed by atoms with van der Waals surface area (Å²) in [5.74, 6) is 0.707. The van der Waals surface area contributed by atoms with Crippen LogP contribution < -0.4 is 11.1 Å². The van der Waals surface area contributed by atoms with Gasteiger partial charge in [-0.15, -0.1) is 0 Å². The summed E-state index contributed by atoms with van der Waals surface area (Å²) in [4.78, 5) is 13.0. The van der Waals surface area contributed by atoms with Crippen molar-refractivity contribution >= 4 is 17.4 Å². The fourth-order valence-electron chi connectivity index (χ4n) is 3.75. The van der Waals surface area contributed by atoms with E-state index in [2.05, 4.69) is 5.32 Å². The first-order valence-corrected chi connectivity index (χ1v) is 7.79. The van der Waals surface area contributed by atoms with Crippen LogP contribution in [-0.4, -0.2) is 18.9 Å². The Morgan fingerprint density at radius 3 is 2.80 bits per heavy atom. The van der Waals surface area contributed by atoms with Crippen LogP contribution in [0.25, 0.3) is 0 Å². The number of halogens is 1. The summed E-state index contributed by atoms with van der Waals surface area (Å²) in [6.07, 6.45) is 3.74. The van der Waals surface area contributed by atoms with Crippen molar-refractivity contribution < 1.29 is 4.79 Å². The summed E-state index contributed by atoms with van der Waals surface area (Å²) < 4.78 is 0. The van der Waals surface area contributed by atoms with Crippen LogP contribution in [0.2, 0.25) is 5.02 Å². The van der Waals surface area contributed by atoms with Crippen molar-refractivity contribution in [2.75, 3.05) is 13.1 Å². The van der Waals surface area contributed by atoms with E-state index in [9.17, 15) is 4.79 Å². The molecule has 0 aromatic heterocycles. The van der Waals surface area contributed by atoms with Gasteiger partial charge in [0, 0.05) is 10.9 Å². The molecule has 3 nitrogen and oxygen atoms in total. The Labute approximate surface area is 124 Å². The summed E-state index contributed by atoms with van der Waals surface area (Å²) in [6, 6.07) is 7.50. The molecule has 0 bridgehead atoms. The van der Waals surface area contributed by atoms with Crippen molar-refractivity contribution in [3.8, 4) is 0 Å². The minimum absolute atomic E-state index is 0.0834. The van der Waals surface area contributed by atoms with Gasteiger partial charge in [-0.2, -0.15) is 0 Å². The average molecular weight is 293 g/mol. The van der Waals surface area contributed by atoms with Gasteiger partial charge in [0.25, 0.3) is 0 Å². The van der Waals surface area contributed by atoms with Gasteiger partial charge >= 0.3 is 0 Å². The number of benzene rings is 1. The molecule has 3 atom stereocenters. The van der Waals surface area contributed by atoms with E-state index < -0.39 is 5.54 Å². The molecule has 2 fully saturated rings. The van der Waals surface area contributed by atoms with Crippen LogP contribution in [0.15, 0.2) is 24.3 Å². The Hall–Kier alpha value is -0.900. The van der Waals surface area contributed by atoms with Gasteiger partial charge in [-0.3, -0.25) is 4.79 Å². The van der Waals surface area contributed by atoms with Gasteiger partial charge in [0.2, 0.25) is 0 Å². The largest absolute Gasteiger partial charge is 0.316 e. The van der Waals surface area contributed by atoms with Gasteiger partial charge in [-0.05, 0) is 49.9 Å². The maximum atomic E-state index is 13.0. The van der Waals surface area contributed by atoms with Gasteiger partial charge < -0.3 is 11.1 Å². The smallest absolute Gasteiger partial charge is 0.160 e. The van der Waals surface area contributed by atoms with E-state index in [-0.39, 0.29) is 11.7 Å². The lowest BCUT2D eigenvalue weighted by molar-refractivity contribution is -0.133. The Kier molecular flexibility index (Phi) is 3.85. The molecule has 4 heteroatoms. The van der Waals surface area contributed by atoms with Crippen molar-refractivity contribution in [1.29, 1.82) is 0 Å². The van der Waals surface area contributed by atoms with Crippen LogP contribution in [0.5, 0.6) is 0 Å². The second-order valence-corrected chi connectivity index (χ2v) is 6.47. The van der Waals surface area contributed by atoms with Crippen LogP contribution in [0, 0.1) is 11.8 Å². The van der Waals surface area contributed by atoms with Crippen LogP contribution in [0.4, 0.5) is 0 Å². The lowest BCUT2D eigenvalue weighted by Crippen LogP contribution is -2.52. The average Bonchev–Trinajstić information content (AvgIpc) is 2.96. The monoisotopic (exact) mass is 292 g/mol. The van der Waals surface area contributed by atoms with E-state index in [1.165, 1.54) is 0 Å². The predicted molar refractivity (Wildman–Crippen MR) is 80.6 cm³/mol. The molecule has 1 aliphatic carbocycles. The molecule has 1 aromatic rings. The number of nitrogens with two attached hydrogens (primary N) is 1. The summed E-state index contributed by atoms with van der Waals surface area (Å²) in [5.41, 5.74) is 6.42. The Bertz CT molecular complexity index is 513. The highest BCUT2D eigenvalue weighted by molar-refractivity contribution is 6.31. The van der Waals surface area contributed by atoms with E-state index in [0.29, 0.717) is 17.4 Å². The number of carbonyl (C=O) groups excluding carboxylic acids is 1. The number of Topliss-reactive ketones (excluding diaryl/α,β-unsaturated/α-hetero) is 1. The van der Waals surface area contributed by atoms with Crippen LogP contribution in [0.1, 0.15) is 31.2 Å². The number of rotatable bonds is 2. The molecular weight excluding hydrogens is 272 g/mol. The fraction of sp³-hybridized carbons (Fsp3) is 0.562. The van der Waals surface area contributed by atoms with Crippen molar-refractivity contribution in [2.45, 2.75) is 31.2 Å². The van der Waals surface area contributed by atoms with E-state index in [0.717, 1.165) is 37.9 Å². The third-order valence-electron chi connectivity index (χ3n) is 4.88. The second kappa shape index (κ2) is 5.47. The molecule has 2 aliphatic rings. The molecule has 0 spiro atoms. The number of carbonyl (C=O) groups is 1. The Balaban J connectivity index is 1.92. The van der Waals surface area contributed by atoms with E-state index in [1.54, 1.807) is 0 Å². The number of ketones is 1. The van der Waals surface area contributed by atoms with Crippen molar-refractivity contribution in [3.05, 3.63) is 34.9 Å². The van der Waals surface area contributed by atoms with Crippen LogP contribution in [0.3, 0.4) is 0 Å². The first-order valence-electron chi connectivity index (χ1n) is 7.42. The standard InChI is InChI=1S/C16H21ClN2O/c17-14-6-2-1-5-13(14)16(18)8-3-4-12(15(16)20)11-7-9-19-10-11/h1-2,5-6,11-12,19H,3-4,7-10,18H2. The minimum atomic E-state index is -0.899. The molecule has 3 N–H and O–H groups in total. The van der Waals surface area contributed by atoms with E-state index in [1.807, 2.05) is 24.3 Å². The number of hydrogen-bond acceptors (Lipinski definition) is 3. The van der Waals surface area contributed by atoms with Crippen LogP contribution >= 0.6 is 11.6 Å². The molecule has 20 heavy (non-hydrogen) atoms. The maximum Gasteiger partial charge on any atom is 0.160 e. The van der Waals surface area contributed by atoms with Crippen LogP contribution in [-0.2, 0) is 10.3 Å². The molecule has 1 heterocycles. The molecule has 108 valence electrons. The first kappa shape index (κ1) is 14.1. The maximum absolute atomic E-state index is 13.0. The zero-order chi connectivity index (χ0) is 14.2. The van der Waals surface area contributed by atoms with E-state index >= 15 is 0 Å². The van der Waals surface area contributed by atoms with Gasteiger partial charge in [0.15, 0.2) is 5.78 Å². The summed E-state index contributed by atoms with van der Waals surface area (Å²) >= 11 is 6.28. The zero-order valence-corrected chi connectivity index (χ0v) is 12.3. The normalized spacial score (nSPS) is 34.4. The molecule has 1 aromatic carbocycles. The second-order valence-electron chi connectivity index (χ2n) is 6.07. The highest BCUT2D eigenvalue weighted by atomic mass is 35.5. The predicted octanol–water partition coefficient (Wildman–Crippen LogP) is 2.47. The van der Waals surface area contributed by atoms with Crippen molar-refractivity contribution in [2.24, 2.45) is 17.6 Å². The van der Waals surface area contributed by atoms with Gasteiger partial charge in [0.05, 0.1) is 0 Å². The highest BCUT2D eigenvalue weighted by Gasteiger charge is 2.46. The number of nitrogens with one attached hydrogen (secondary N) is 1. The lowest BCUT2D eigenvalue weighted by atomic mass is 9.67. The molecule has 1 aliphatic heterocycles. The van der Waals surface area contributed by atoms with Gasteiger partial charge in [-0.1, -0.05) is 36.2 Å². The Morgan fingerprint density at radius 1 is 1.30 bits per heavy atom. The summed E-state index contributed by atoms with van der Waals surface area (Å²) in [6.45, 7) is 1.95. The van der Waals surface area contributed by atoms with Gasteiger partial charge in [0.1, 0.15) is 5.54 Å². The van der Waals surface area contributed by atoms with E-state index in [4.69, 9.17) is 17.3 Å². The third-order valence-corrected chi connectivity index (χ3v) is 5.21. The minimum Gasteiger partial charge on any atom is -0.316 e. The summed E-state index contributed by atoms with van der Waals surface area (Å²) in [7, 11) is 0. The molecule has 3 unspecified atom stereocenters. The summed E-state index contributed by atoms with van der Waals surface area (Å²) in [5, 5.41) is 3.95. The highest BCUT2D eigenvalue weighted by Crippen LogP contribution is 2.41.